The molecule has 1 aliphatic heterocycles. The zero-order valence-electron chi connectivity index (χ0n) is 10.5. The van der Waals surface area contributed by atoms with Crippen LogP contribution in [0.15, 0.2) is 9.51 Å². The SMILES string of the molecule is COC(=O)C1=C(Br)S[C@H](N)N1C(=O)OC(C)(C)C. The van der Waals surface area contributed by atoms with Crippen LogP contribution < -0.4 is 5.73 Å². The minimum absolute atomic E-state index is 0.0595. The number of nitrogens with zero attached hydrogens (tertiary/aromatic N) is 1. The van der Waals surface area contributed by atoms with E-state index in [-0.39, 0.29) is 5.70 Å². The molecule has 0 bridgehead atoms. The second-order valence-corrected chi connectivity index (χ2v) is 6.92. The molecular formula is C10H15BrN2O4S. The highest BCUT2D eigenvalue weighted by molar-refractivity contribution is 9.14. The third-order valence-corrected chi connectivity index (χ3v) is 3.66. The van der Waals surface area contributed by atoms with Crippen LogP contribution >= 0.6 is 27.7 Å². The molecule has 0 aromatic carbocycles. The normalized spacial score (nSPS) is 20.1. The maximum atomic E-state index is 12.0. The molecular weight excluding hydrogens is 324 g/mol. The van der Waals surface area contributed by atoms with E-state index in [9.17, 15) is 9.59 Å². The highest BCUT2D eigenvalue weighted by Gasteiger charge is 2.40. The van der Waals surface area contributed by atoms with Gasteiger partial charge in [0, 0.05) is 0 Å². The van der Waals surface area contributed by atoms with E-state index in [2.05, 4.69) is 20.7 Å². The van der Waals surface area contributed by atoms with Crippen LogP contribution in [0.3, 0.4) is 0 Å². The summed E-state index contributed by atoms with van der Waals surface area (Å²) in [5.74, 6) is -0.645. The van der Waals surface area contributed by atoms with E-state index in [1.54, 1.807) is 20.8 Å². The van der Waals surface area contributed by atoms with Crippen LogP contribution in [-0.2, 0) is 14.3 Å². The first kappa shape index (κ1) is 15.3. The summed E-state index contributed by atoms with van der Waals surface area (Å²) < 4.78 is 10.3. The van der Waals surface area contributed by atoms with Crippen molar-refractivity contribution in [2.45, 2.75) is 31.9 Å². The van der Waals surface area contributed by atoms with E-state index in [4.69, 9.17) is 10.5 Å². The number of nitrogens with two attached hydrogens (primary N) is 1. The first-order chi connectivity index (χ1) is 8.17. The molecule has 1 rings (SSSR count). The van der Waals surface area contributed by atoms with Gasteiger partial charge in [0.15, 0.2) is 5.70 Å². The van der Waals surface area contributed by atoms with E-state index in [0.717, 1.165) is 16.7 Å². The number of amides is 1. The summed E-state index contributed by atoms with van der Waals surface area (Å²) in [6.07, 6.45) is -0.683. The van der Waals surface area contributed by atoms with Gasteiger partial charge in [-0.2, -0.15) is 0 Å². The Kier molecular flexibility index (Phi) is 4.68. The molecule has 0 unspecified atom stereocenters. The van der Waals surface area contributed by atoms with Crippen molar-refractivity contribution >= 4 is 39.8 Å². The first-order valence-electron chi connectivity index (χ1n) is 5.10. The number of methoxy groups -OCH3 is 1. The van der Waals surface area contributed by atoms with Crippen LogP contribution in [0, 0.1) is 0 Å². The summed E-state index contributed by atoms with van der Waals surface area (Å²) in [4.78, 5) is 24.7. The highest BCUT2D eigenvalue weighted by atomic mass is 79.9. The van der Waals surface area contributed by atoms with Crippen LogP contribution in [0.1, 0.15) is 20.8 Å². The molecule has 0 saturated carbocycles. The molecule has 18 heavy (non-hydrogen) atoms. The molecule has 6 nitrogen and oxygen atoms in total. The van der Waals surface area contributed by atoms with Crippen LogP contribution in [0.4, 0.5) is 4.79 Å². The molecule has 0 saturated heterocycles. The standard InChI is InChI=1S/C10H15BrN2O4S/c1-10(2,3)17-9(15)13-5(7(14)16-4)6(11)18-8(13)12/h8H,12H2,1-4H3/t8-/m1/s1. The summed E-state index contributed by atoms with van der Waals surface area (Å²) >= 11 is 4.32. The van der Waals surface area contributed by atoms with E-state index in [1.165, 1.54) is 7.11 Å². The molecule has 1 heterocycles. The third-order valence-electron chi connectivity index (χ3n) is 1.87. The van der Waals surface area contributed by atoms with Crippen molar-refractivity contribution in [2.75, 3.05) is 7.11 Å². The number of ether oxygens (including phenoxy) is 2. The van der Waals surface area contributed by atoms with Crippen molar-refractivity contribution in [3.8, 4) is 0 Å². The van der Waals surface area contributed by atoms with Crippen LogP contribution in [-0.4, -0.2) is 35.2 Å². The second-order valence-electron chi connectivity index (χ2n) is 4.47. The van der Waals surface area contributed by atoms with Crippen molar-refractivity contribution < 1.29 is 19.1 Å². The molecule has 8 heteroatoms. The maximum absolute atomic E-state index is 12.0. The van der Waals surface area contributed by atoms with E-state index >= 15 is 0 Å². The number of halogens is 1. The lowest BCUT2D eigenvalue weighted by Crippen LogP contribution is -2.44. The van der Waals surface area contributed by atoms with Crippen molar-refractivity contribution in [1.29, 1.82) is 0 Å². The summed E-state index contributed by atoms with van der Waals surface area (Å²) in [5.41, 5.74) is 4.45. The average Bonchev–Trinajstić information content (AvgIpc) is 2.49. The molecule has 0 radical (unpaired) electrons. The van der Waals surface area contributed by atoms with Gasteiger partial charge in [0.2, 0.25) is 0 Å². The van der Waals surface area contributed by atoms with Gasteiger partial charge < -0.3 is 15.2 Å². The molecule has 1 aliphatic rings. The summed E-state index contributed by atoms with van der Waals surface area (Å²) in [6, 6.07) is 0. The topological polar surface area (TPSA) is 81.9 Å². The number of thioether (sulfide) groups is 1. The van der Waals surface area contributed by atoms with Gasteiger partial charge in [0.25, 0.3) is 0 Å². The largest absolute Gasteiger partial charge is 0.464 e. The Morgan fingerprint density at radius 3 is 2.44 bits per heavy atom. The number of esters is 1. The van der Waals surface area contributed by atoms with E-state index in [0.29, 0.717) is 3.81 Å². The summed E-state index contributed by atoms with van der Waals surface area (Å²) in [6.45, 7) is 5.20. The lowest BCUT2D eigenvalue weighted by molar-refractivity contribution is -0.138. The summed E-state index contributed by atoms with van der Waals surface area (Å²) in [7, 11) is 1.23. The predicted octanol–water partition coefficient (Wildman–Crippen LogP) is 1.95. The highest BCUT2D eigenvalue weighted by Crippen LogP contribution is 2.40. The Morgan fingerprint density at radius 1 is 1.44 bits per heavy atom. The number of rotatable bonds is 1. The van der Waals surface area contributed by atoms with E-state index in [1.807, 2.05) is 0 Å². The molecule has 0 aromatic rings. The van der Waals surface area contributed by atoms with Gasteiger partial charge in [0.1, 0.15) is 11.1 Å². The second kappa shape index (κ2) is 5.50. The van der Waals surface area contributed by atoms with Crippen molar-refractivity contribution in [3.05, 3.63) is 9.51 Å². The van der Waals surface area contributed by atoms with Crippen molar-refractivity contribution in [1.82, 2.24) is 4.90 Å². The molecule has 0 fully saturated rings. The van der Waals surface area contributed by atoms with Gasteiger partial charge in [-0.25, -0.2) is 14.5 Å². The molecule has 0 aliphatic carbocycles. The Balaban J connectivity index is 2.98. The number of carbonyl (C=O) groups excluding carboxylic acids is 2. The number of carbonyl (C=O) groups is 2. The van der Waals surface area contributed by atoms with Crippen LogP contribution in [0.2, 0.25) is 0 Å². The fraction of sp³-hybridized carbons (Fsp3) is 0.600. The van der Waals surface area contributed by atoms with Gasteiger partial charge >= 0.3 is 12.1 Å². The van der Waals surface area contributed by atoms with Gasteiger partial charge in [-0.3, -0.25) is 0 Å². The summed E-state index contributed by atoms with van der Waals surface area (Å²) in [5, 5.41) is 0. The van der Waals surface area contributed by atoms with Crippen molar-refractivity contribution in [2.24, 2.45) is 5.73 Å². The number of hydrogen-bond acceptors (Lipinski definition) is 6. The molecule has 2 N–H and O–H groups in total. The quantitative estimate of drug-likeness (QED) is 0.736. The average molecular weight is 339 g/mol. The smallest absolute Gasteiger partial charge is 0.417 e. The molecule has 0 spiro atoms. The minimum Gasteiger partial charge on any atom is -0.464 e. The monoisotopic (exact) mass is 338 g/mol. The molecule has 1 atom stereocenters. The van der Waals surface area contributed by atoms with Crippen LogP contribution in [0.25, 0.3) is 0 Å². The van der Waals surface area contributed by atoms with Crippen LogP contribution in [0.5, 0.6) is 0 Å². The Labute approximate surface area is 118 Å². The van der Waals surface area contributed by atoms with Crippen molar-refractivity contribution in [3.63, 3.8) is 0 Å². The molecule has 102 valence electrons. The Bertz CT molecular complexity index is 405. The zero-order chi connectivity index (χ0) is 14.1. The van der Waals surface area contributed by atoms with E-state index < -0.39 is 23.2 Å². The van der Waals surface area contributed by atoms with Gasteiger partial charge in [-0.15, -0.1) is 0 Å². The zero-order valence-corrected chi connectivity index (χ0v) is 12.9. The fourth-order valence-corrected chi connectivity index (χ4v) is 2.95. The number of hydrogen-bond donors (Lipinski definition) is 1. The Morgan fingerprint density at radius 2 is 2.00 bits per heavy atom. The van der Waals surface area contributed by atoms with Gasteiger partial charge in [0.05, 0.1) is 10.9 Å². The van der Waals surface area contributed by atoms with Gasteiger partial charge in [-0.1, -0.05) is 11.8 Å². The minimum atomic E-state index is -0.719. The predicted molar refractivity (Wildman–Crippen MR) is 71.6 cm³/mol. The molecule has 0 aromatic heterocycles. The Hall–Kier alpha value is -0.730. The molecule has 1 amide bonds. The third kappa shape index (κ3) is 3.39. The first-order valence-corrected chi connectivity index (χ1v) is 6.77. The maximum Gasteiger partial charge on any atom is 0.417 e. The van der Waals surface area contributed by atoms with Gasteiger partial charge in [-0.05, 0) is 36.7 Å². The lowest BCUT2D eigenvalue weighted by atomic mass is 10.2. The lowest BCUT2D eigenvalue weighted by Gasteiger charge is -2.27. The fourth-order valence-electron chi connectivity index (χ4n) is 1.22.